The molecule has 0 atom stereocenters. The molecule has 0 saturated carbocycles. The molecular formula is C10H20N2O3. The molecule has 1 amide bonds. The summed E-state index contributed by atoms with van der Waals surface area (Å²) < 4.78 is 9.98. The summed E-state index contributed by atoms with van der Waals surface area (Å²) in [6.45, 7) is 6.65. The average molecular weight is 216 g/mol. The fraction of sp³-hybridized carbons (Fsp3) is 0.700. The van der Waals surface area contributed by atoms with Gasteiger partial charge in [-0.05, 0) is 0 Å². The Kier molecular flexibility index (Phi) is 10.5. The molecule has 0 aliphatic rings. The maximum atomic E-state index is 11.1. The van der Waals surface area contributed by atoms with E-state index in [0.29, 0.717) is 39.5 Å². The van der Waals surface area contributed by atoms with Crippen molar-refractivity contribution in [2.45, 2.75) is 0 Å². The molecule has 0 aliphatic heterocycles. The van der Waals surface area contributed by atoms with Crippen molar-refractivity contribution in [2.24, 2.45) is 0 Å². The van der Waals surface area contributed by atoms with Crippen LogP contribution in [-0.4, -0.2) is 52.5 Å². The van der Waals surface area contributed by atoms with E-state index in [-0.39, 0.29) is 5.91 Å². The van der Waals surface area contributed by atoms with Crippen LogP contribution in [0.1, 0.15) is 0 Å². The number of amides is 1. The summed E-state index contributed by atoms with van der Waals surface area (Å²) in [5, 5.41) is 5.62. The predicted molar refractivity (Wildman–Crippen MR) is 58.8 cm³/mol. The summed E-state index contributed by atoms with van der Waals surface area (Å²) in [6, 6.07) is 0. The van der Waals surface area contributed by atoms with E-state index in [1.807, 2.05) is 0 Å². The number of carbonyl (C=O) groups is 1. The van der Waals surface area contributed by atoms with Crippen LogP contribution in [-0.2, 0) is 14.3 Å². The van der Waals surface area contributed by atoms with Crippen molar-refractivity contribution in [3.05, 3.63) is 12.7 Å². The van der Waals surface area contributed by atoms with Crippen LogP contribution in [0, 0.1) is 0 Å². The van der Waals surface area contributed by atoms with E-state index in [1.165, 1.54) is 0 Å². The quantitative estimate of drug-likeness (QED) is 0.383. The van der Waals surface area contributed by atoms with Crippen LogP contribution in [0.5, 0.6) is 0 Å². The van der Waals surface area contributed by atoms with Crippen LogP contribution in [0.4, 0.5) is 0 Å². The van der Waals surface area contributed by atoms with Gasteiger partial charge in [0.05, 0.1) is 26.4 Å². The van der Waals surface area contributed by atoms with Gasteiger partial charge in [-0.25, -0.2) is 0 Å². The molecule has 0 aliphatic carbocycles. The lowest BCUT2D eigenvalue weighted by Crippen LogP contribution is -2.35. The van der Waals surface area contributed by atoms with Gasteiger partial charge < -0.3 is 20.1 Å². The fourth-order valence-corrected chi connectivity index (χ4v) is 0.857. The lowest BCUT2D eigenvalue weighted by atomic mass is 10.5. The van der Waals surface area contributed by atoms with Crippen LogP contribution >= 0.6 is 0 Å². The summed E-state index contributed by atoms with van der Waals surface area (Å²) in [4.78, 5) is 11.1. The molecular weight excluding hydrogens is 196 g/mol. The largest absolute Gasteiger partial charge is 0.382 e. The van der Waals surface area contributed by atoms with Crippen molar-refractivity contribution >= 4 is 5.91 Å². The van der Waals surface area contributed by atoms with E-state index < -0.39 is 0 Å². The number of rotatable bonds is 10. The van der Waals surface area contributed by atoms with Gasteiger partial charge in [0.15, 0.2) is 0 Å². The van der Waals surface area contributed by atoms with Gasteiger partial charge >= 0.3 is 0 Å². The Morgan fingerprint density at radius 1 is 1.40 bits per heavy atom. The van der Waals surface area contributed by atoms with Gasteiger partial charge in [-0.1, -0.05) is 6.08 Å². The summed E-state index contributed by atoms with van der Waals surface area (Å²) in [5.74, 6) is -0.0350. The van der Waals surface area contributed by atoms with Crippen molar-refractivity contribution in [3.8, 4) is 0 Å². The molecule has 0 spiro atoms. The number of hydrogen-bond donors (Lipinski definition) is 2. The highest BCUT2D eigenvalue weighted by Crippen LogP contribution is 1.75. The minimum absolute atomic E-state index is 0.0350. The van der Waals surface area contributed by atoms with E-state index in [4.69, 9.17) is 9.47 Å². The van der Waals surface area contributed by atoms with Crippen LogP contribution in [0.25, 0.3) is 0 Å². The lowest BCUT2D eigenvalue weighted by Gasteiger charge is -2.06. The minimum atomic E-state index is -0.0350. The van der Waals surface area contributed by atoms with Crippen LogP contribution in [0.2, 0.25) is 0 Å². The highest BCUT2D eigenvalue weighted by Gasteiger charge is 1.97. The first kappa shape index (κ1) is 14.1. The zero-order chi connectivity index (χ0) is 11.4. The molecule has 0 aromatic rings. The Hall–Kier alpha value is -0.910. The Morgan fingerprint density at radius 3 is 2.87 bits per heavy atom. The first-order valence-corrected chi connectivity index (χ1v) is 4.96. The summed E-state index contributed by atoms with van der Waals surface area (Å²) >= 11 is 0. The molecule has 88 valence electrons. The summed E-state index contributed by atoms with van der Waals surface area (Å²) in [6.07, 6.45) is 1.71. The smallest absolute Gasteiger partial charge is 0.234 e. The lowest BCUT2D eigenvalue weighted by molar-refractivity contribution is -0.120. The average Bonchev–Trinajstić information content (AvgIpc) is 2.23. The first-order chi connectivity index (χ1) is 7.31. The molecule has 0 bridgehead atoms. The van der Waals surface area contributed by atoms with Crippen molar-refractivity contribution in [1.82, 2.24) is 10.6 Å². The van der Waals surface area contributed by atoms with Crippen molar-refractivity contribution in [3.63, 3.8) is 0 Å². The van der Waals surface area contributed by atoms with E-state index >= 15 is 0 Å². The third-order valence-electron chi connectivity index (χ3n) is 1.57. The molecule has 5 nitrogen and oxygen atoms in total. The van der Waals surface area contributed by atoms with Gasteiger partial charge in [-0.15, -0.1) is 6.58 Å². The SMILES string of the molecule is C=CCNCC(=O)NCCOCCOC. The normalized spacial score (nSPS) is 9.93. The zero-order valence-electron chi connectivity index (χ0n) is 9.25. The maximum absolute atomic E-state index is 11.1. The Bertz CT molecular complexity index is 174. The van der Waals surface area contributed by atoms with E-state index in [9.17, 15) is 4.79 Å². The molecule has 0 radical (unpaired) electrons. The van der Waals surface area contributed by atoms with Crippen molar-refractivity contribution in [1.29, 1.82) is 0 Å². The Balaban J connectivity index is 3.13. The molecule has 0 aromatic carbocycles. The molecule has 0 rings (SSSR count). The third-order valence-corrected chi connectivity index (χ3v) is 1.57. The molecule has 0 unspecified atom stereocenters. The van der Waals surface area contributed by atoms with Gasteiger partial charge in [0, 0.05) is 20.2 Å². The predicted octanol–water partition coefficient (Wildman–Crippen LogP) is -0.459. The van der Waals surface area contributed by atoms with Gasteiger partial charge in [-0.3, -0.25) is 4.79 Å². The standard InChI is InChI=1S/C10H20N2O3/c1-3-4-11-9-10(13)12-5-6-15-8-7-14-2/h3,11H,1,4-9H2,2H3,(H,12,13). The second-order valence-electron chi connectivity index (χ2n) is 2.87. The molecule has 0 heterocycles. The fourth-order valence-electron chi connectivity index (χ4n) is 0.857. The number of carbonyl (C=O) groups excluding carboxylic acids is 1. The van der Waals surface area contributed by atoms with Gasteiger partial charge in [0.2, 0.25) is 5.91 Å². The summed E-state index contributed by atoms with van der Waals surface area (Å²) in [7, 11) is 1.62. The first-order valence-electron chi connectivity index (χ1n) is 4.96. The second kappa shape index (κ2) is 11.2. The van der Waals surface area contributed by atoms with Gasteiger partial charge in [-0.2, -0.15) is 0 Å². The highest BCUT2D eigenvalue weighted by molar-refractivity contribution is 5.77. The van der Waals surface area contributed by atoms with E-state index in [2.05, 4.69) is 17.2 Å². The molecule has 0 saturated heterocycles. The maximum Gasteiger partial charge on any atom is 0.234 e. The van der Waals surface area contributed by atoms with E-state index in [1.54, 1.807) is 13.2 Å². The number of ether oxygens (including phenoxy) is 2. The Labute approximate surface area is 90.8 Å². The van der Waals surface area contributed by atoms with Gasteiger partial charge in [0.1, 0.15) is 0 Å². The van der Waals surface area contributed by atoms with Crippen LogP contribution < -0.4 is 10.6 Å². The van der Waals surface area contributed by atoms with Crippen LogP contribution in [0.3, 0.4) is 0 Å². The van der Waals surface area contributed by atoms with E-state index in [0.717, 1.165) is 0 Å². The Morgan fingerprint density at radius 2 is 2.20 bits per heavy atom. The van der Waals surface area contributed by atoms with Gasteiger partial charge in [0.25, 0.3) is 0 Å². The molecule has 15 heavy (non-hydrogen) atoms. The molecule has 0 aromatic heterocycles. The number of hydrogen-bond acceptors (Lipinski definition) is 4. The number of methoxy groups -OCH3 is 1. The topological polar surface area (TPSA) is 59.6 Å². The zero-order valence-corrected chi connectivity index (χ0v) is 9.25. The minimum Gasteiger partial charge on any atom is -0.382 e. The second-order valence-corrected chi connectivity index (χ2v) is 2.87. The third kappa shape index (κ3) is 11.0. The molecule has 0 fully saturated rings. The number of nitrogens with one attached hydrogen (secondary N) is 2. The van der Waals surface area contributed by atoms with Crippen molar-refractivity contribution < 1.29 is 14.3 Å². The molecule has 2 N–H and O–H groups in total. The van der Waals surface area contributed by atoms with Crippen molar-refractivity contribution in [2.75, 3.05) is 46.6 Å². The summed E-state index contributed by atoms with van der Waals surface area (Å²) in [5.41, 5.74) is 0. The molecule has 5 heteroatoms. The van der Waals surface area contributed by atoms with Crippen LogP contribution in [0.15, 0.2) is 12.7 Å². The highest BCUT2D eigenvalue weighted by atomic mass is 16.5. The monoisotopic (exact) mass is 216 g/mol.